The van der Waals surface area contributed by atoms with Crippen LogP contribution in [0, 0.1) is 0 Å². The van der Waals surface area contributed by atoms with Crippen molar-refractivity contribution in [3.63, 3.8) is 0 Å². The van der Waals surface area contributed by atoms with Crippen molar-refractivity contribution in [1.29, 1.82) is 0 Å². The highest BCUT2D eigenvalue weighted by atomic mass is 16.7. The van der Waals surface area contributed by atoms with E-state index in [1.807, 2.05) is 26.2 Å². The van der Waals surface area contributed by atoms with Gasteiger partial charge in [0, 0.05) is 38.6 Å². The fourth-order valence-electron chi connectivity index (χ4n) is 2.01. The van der Waals surface area contributed by atoms with Gasteiger partial charge in [0.15, 0.2) is 6.29 Å². The molecule has 0 spiro atoms. The Morgan fingerprint density at radius 3 is 2.53 bits per heavy atom. The minimum absolute atomic E-state index is 0.113. The third-order valence-corrected chi connectivity index (χ3v) is 2.87. The van der Waals surface area contributed by atoms with Crippen molar-refractivity contribution >= 4 is 0 Å². The Balaban J connectivity index is 2.70. The summed E-state index contributed by atoms with van der Waals surface area (Å²) in [5, 5.41) is 0. The van der Waals surface area contributed by atoms with Crippen LogP contribution in [-0.2, 0) is 22.4 Å². The molecule has 3 N–H and O–H groups in total. The first-order chi connectivity index (χ1) is 9.26. The van der Waals surface area contributed by atoms with E-state index in [1.165, 1.54) is 0 Å². The number of ether oxygens (including phenoxy) is 2. The van der Waals surface area contributed by atoms with Crippen molar-refractivity contribution in [2.75, 3.05) is 13.2 Å². The van der Waals surface area contributed by atoms with Gasteiger partial charge in [-0.1, -0.05) is 6.92 Å². The van der Waals surface area contributed by atoms with Gasteiger partial charge in [0.2, 0.25) is 0 Å². The fourth-order valence-corrected chi connectivity index (χ4v) is 2.01. The molecule has 1 unspecified atom stereocenters. The second-order valence-corrected chi connectivity index (χ2v) is 4.29. The van der Waals surface area contributed by atoms with E-state index < -0.39 is 0 Å². The average Bonchev–Trinajstić information content (AvgIpc) is 2.83. The molecule has 1 heterocycles. The molecule has 1 aromatic heterocycles. The largest absolute Gasteiger partial charge is 0.351 e. The van der Waals surface area contributed by atoms with E-state index in [0.717, 1.165) is 18.8 Å². The summed E-state index contributed by atoms with van der Waals surface area (Å²) in [4.78, 5) is 4.38. The molecule has 0 aromatic carbocycles. The van der Waals surface area contributed by atoms with Gasteiger partial charge in [-0.2, -0.15) is 0 Å². The van der Waals surface area contributed by atoms with Crippen molar-refractivity contribution < 1.29 is 9.47 Å². The van der Waals surface area contributed by atoms with Gasteiger partial charge in [0.25, 0.3) is 0 Å². The van der Waals surface area contributed by atoms with Crippen molar-refractivity contribution in [3.8, 4) is 0 Å². The van der Waals surface area contributed by atoms with Crippen molar-refractivity contribution in [2.45, 2.75) is 52.5 Å². The van der Waals surface area contributed by atoms with Gasteiger partial charge in [-0.25, -0.2) is 4.98 Å². The predicted octanol–water partition coefficient (Wildman–Crippen LogP) is 1.07. The van der Waals surface area contributed by atoms with Crippen LogP contribution in [0.1, 0.15) is 33.0 Å². The number of hydrazine groups is 1. The zero-order chi connectivity index (χ0) is 14.1. The number of nitrogens with two attached hydrogens (primary N) is 1. The number of aromatic nitrogens is 2. The fraction of sp³-hybridized carbons (Fsp3) is 0.769. The van der Waals surface area contributed by atoms with Crippen molar-refractivity contribution in [2.24, 2.45) is 5.84 Å². The zero-order valence-corrected chi connectivity index (χ0v) is 12.1. The molecule has 6 heteroatoms. The maximum atomic E-state index is 5.63. The van der Waals surface area contributed by atoms with Crippen LogP contribution in [0.25, 0.3) is 0 Å². The van der Waals surface area contributed by atoms with E-state index in [9.17, 15) is 0 Å². The van der Waals surface area contributed by atoms with Crippen LogP contribution in [0.2, 0.25) is 0 Å². The SMILES string of the molecule is CCCn1ccnc1CC(NN)C(OCC)OCC. The van der Waals surface area contributed by atoms with Crippen LogP contribution in [-0.4, -0.2) is 35.1 Å². The number of nitrogens with one attached hydrogen (secondary N) is 1. The number of imidazole rings is 1. The van der Waals surface area contributed by atoms with E-state index in [1.54, 1.807) is 0 Å². The molecule has 0 bridgehead atoms. The first-order valence-corrected chi connectivity index (χ1v) is 6.96. The summed E-state index contributed by atoms with van der Waals surface area (Å²) in [7, 11) is 0. The highest BCUT2D eigenvalue weighted by molar-refractivity contribution is 4.96. The number of rotatable bonds is 10. The molecule has 110 valence electrons. The summed E-state index contributed by atoms with van der Waals surface area (Å²) in [6.07, 6.45) is 5.20. The van der Waals surface area contributed by atoms with Gasteiger partial charge >= 0.3 is 0 Å². The molecule has 0 aliphatic heterocycles. The second kappa shape index (κ2) is 9.03. The van der Waals surface area contributed by atoms with E-state index in [-0.39, 0.29) is 12.3 Å². The minimum Gasteiger partial charge on any atom is -0.351 e. The highest BCUT2D eigenvalue weighted by Crippen LogP contribution is 2.09. The third kappa shape index (κ3) is 4.91. The summed E-state index contributed by atoms with van der Waals surface area (Å²) >= 11 is 0. The van der Waals surface area contributed by atoms with Gasteiger partial charge in [0.1, 0.15) is 5.82 Å². The lowest BCUT2D eigenvalue weighted by molar-refractivity contribution is -0.154. The second-order valence-electron chi connectivity index (χ2n) is 4.29. The van der Waals surface area contributed by atoms with Crippen molar-refractivity contribution in [3.05, 3.63) is 18.2 Å². The molecular formula is C13H26N4O2. The number of aryl methyl sites for hydroxylation is 1. The Labute approximate surface area is 115 Å². The average molecular weight is 270 g/mol. The molecule has 0 radical (unpaired) electrons. The molecule has 0 aliphatic carbocycles. The molecule has 0 amide bonds. The summed E-state index contributed by atoms with van der Waals surface area (Å²) in [5.74, 6) is 6.62. The molecule has 0 fully saturated rings. The normalized spacial score (nSPS) is 13.1. The molecule has 0 saturated heterocycles. The Kier molecular flexibility index (Phi) is 7.66. The standard InChI is InChI=1S/C13H26N4O2/c1-4-8-17-9-7-15-12(17)10-11(16-14)13(18-5-2)19-6-3/h7,9,11,13,16H,4-6,8,10,14H2,1-3H3. The van der Waals surface area contributed by atoms with Gasteiger partial charge in [-0.3, -0.25) is 11.3 Å². The van der Waals surface area contributed by atoms with Gasteiger partial charge in [0.05, 0.1) is 6.04 Å². The maximum Gasteiger partial charge on any atom is 0.174 e. The van der Waals surface area contributed by atoms with Crippen LogP contribution in [0.3, 0.4) is 0 Å². The van der Waals surface area contributed by atoms with Crippen LogP contribution >= 0.6 is 0 Å². The summed E-state index contributed by atoms with van der Waals surface area (Å²) < 4.78 is 13.3. The number of nitrogens with zero attached hydrogens (tertiary/aromatic N) is 2. The molecule has 6 nitrogen and oxygen atoms in total. The van der Waals surface area contributed by atoms with E-state index in [4.69, 9.17) is 15.3 Å². The number of hydrogen-bond donors (Lipinski definition) is 2. The van der Waals surface area contributed by atoms with Crippen LogP contribution < -0.4 is 11.3 Å². The topological polar surface area (TPSA) is 74.3 Å². The predicted molar refractivity (Wildman–Crippen MR) is 74.4 cm³/mol. The third-order valence-electron chi connectivity index (χ3n) is 2.87. The lowest BCUT2D eigenvalue weighted by atomic mass is 10.2. The van der Waals surface area contributed by atoms with Crippen LogP contribution in [0.15, 0.2) is 12.4 Å². The Morgan fingerprint density at radius 2 is 2.00 bits per heavy atom. The molecule has 0 saturated carbocycles. The maximum absolute atomic E-state index is 5.63. The Hall–Kier alpha value is -0.950. The number of hydrogen-bond acceptors (Lipinski definition) is 5. The molecule has 19 heavy (non-hydrogen) atoms. The van der Waals surface area contributed by atoms with E-state index >= 15 is 0 Å². The monoisotopic (exact) mass is 270 g/mol. The van der Waals surface area contributed by atoms with Gasteiger partial charge in [-0.05, 0) is 20.3 Å². The highest BCUT2D eigenvalue weighted by Gasteiger charge is 2.23. The van der Waals surface area contributed by atoms with Gasteiger partial charge in [-0.15, -0.1) is 0 Å². The Morgan fingerprint density at radius 1 is 1.32 bits per heavy atom. The molecule has 1 atom stereocenters. The van der Waals surface area contributed by atoms with Gasteiger partial charge < -0.3 is 14.0 Å². The quantitative estimate of drug-likeness (QED) is 0.378. The Bertz CT molecular complexity index is 337. The molecular weight excluding hydrogens is 244 g/mol. The minimum atomic E-state index is -0.355. The molecule has 1 rings (SSSR count). The lowest BCUT2D eigenvalue weighted by Gasteiger charge is -2.26. The first-order valence-electron chi connectivity index (χ1n) is 6.96. The van der Waals surface area contributed by atoms with Crippen LogP contribution in [0.4, 0.5) is 0 Å². The zero-order valence-electron chi connectivity index (χ0n) is 12.1. The summed E-state index contributed by atoms with van der Waals surface area (Å²) in [6.45, 7) is 8.17. The first kappa shape index (κ1) is 16.1. The summed E-state index contributed by atoms with van der Waals surface area (Å²) in [6, 6.07) is -0.113. The van der Waals surface area contributed by atoms with Crippen molar-refractivity contribution in [1.82, 2.24) is 15.0 Å². The lowest BCUT2D eigenvalue weighted by Crippen LogP contribution is -2.48. The smallest absolute Gasteiger partial charge is 0.174 e. The van der Waals surface area contributed by atoms with Crippen LogP contribution in [0.5, 0.6) is 0 Å². The molecule has 1 aromatic rings. The summed E-state index contributed by atoms with van der Waals surface area (Å²) in [5.41, 5.74) is 2.78. The van der Waals surface area contributed by atoms with E-state index in [2.05, 4.69) is 21.9 Å². The molecule has 0 aliphatic rings. The van der Waals surface area contributed by atoms with E-state index in [0.29, 0.717) is 19.6 Å².